The van der Waals surface area contributed by atoms with Crippen LogP contribution in [0.4, 0.5) is 22.0 Å². The summed E-state index contributed by atoms with van der Waals surface area (Å²) in [7, 11) is -5.44. The van der Waals surface area contributed by atoms with Crippen molar-refractivity contribution in [1.29, 1.82) is 0 Å². The van der Waals surface area contributed by atoms with Gasteiger partial charge in [0.2, 0.25) is 0 Å². The van der Waals surface area contributed by atoms with Crippen LogP contribution in [0.15, 0.2) is 75.6 Å². The fourth-order valence-corrected chi connectivity index (χ4v) is 6.24. The van der Waals surface area contributed by atoms with Gasteiger partial charge in [-0.25, -0.2) is 26.9 Å². The standard InChI is InChI=1S/C26H22F5N3O4S2/c27-20-10-15-3-4-16(34-22(15)12-21(20)28)13-37-17-5-6-24-19(11-17)25(18-2-1-7-32-23(18)14-38-24)39-9-8-33-40(35,36)26(29,30)31/h1-7,10,12,18,23,33H,8-9,11,13-14H2. The summed E-state index contributed by atoms with van der Waals surface area (Å²) in [6.07, 6.45) is 9.14. The quantitative estimate of drug-likeness (QED) is 0.328. The minimum Gasteiger partial charge on any atom is -0.491 e. The van der Waals surface area contributed by atoms with E-state index in [2.05, 4.69) is 9.98 Å². The second kappa shape index (κ2) is 11.3. The lowest BCUT2D eigenvalue weighted by Crippen LogP contribution is -2.37. The van der Waals surface area contributed by atoms with Gasteiger partial charge in [0.15, 0.2) is 11.6 Å². The average molecular weight is 600 g/mol. The molecule has 212 valence electrons. The predicted octanol–water partition coefficient (Wildman–Crippen LogP) is 5.28. The smallest absolute Gasteiger partial charge is 0.491 e. The third kappa shape index (κ3) is 6.08. The van der Waals surface area contributed by atoms with Crippen molar-refractivity contribution in [2.45, 2.75) is 24.6 Å². The predicted molar refractivity (Wildman–Crippen MR) is 141 cm³/mol. The summed E-state index contributed by atoms with van der Waals surface area (Å²) < 4.78 is 102. The molecule has 1 aromatic heterocycles. The zero-order valence-corrected chi connectivity index (χ0v) is 22.3. The number of halogens is 5. The number of thioether (sulfide) groups is 1. The Balaban J connectivity index is 1.33. The molecular weight excluding hydrogens is 577 g/mol. The Kier molecular flexibility index (Phi) is 8.02. The minimum absolute atomic E-state index is 0.0419. The Morgan fingerprint density at radius 3 is 2.75 bits per heavy atom. The number of pyridine rings is 1. The maximum Gasteiger partial charge on any atom is 0.511 e. The molecule has 3 heterocycles. The molecule has 2 unspecified atom stereocenters. The zero-order valence-electron chi connectivity index (χ0n) is 20.6. The number of dihydropyridines is 1. The van der Waals surface area contributed by atoms with Crippen LogP contribution in [0.1, 0.15) is 12.1 Å². The molecule has 0 amide bonds. The van der Waals surface area contributed by atoms with E-state index in [1.54, 1.807) is 41.3 Å². The molecule has 1 N–H and O–H groups in total. The Hall–Kier alpha value is -3.23. The van der Waals surface area contributed by atoms with E-state index in [4.69, 9.17) is 9.47 Å². The second-order valence-electron chi connectivity index (χ2n) is 9.01. The number of aromatic nitrogens is 1. The van der Waals surface area contributed by atoms with Crippen molar-refractivity contribution in [3.63, 3.8) is 0 Å². The number of fused-ring (bicyclic) bond motifs is 3. The average Bonchev–Trinajstić information content (AvgIpc) is 3.06. The van der Waals surface area contributed by atoms with Crippen LogP contribution in [0.3, 0.4) is 0 Å². The summed E-state index contributed by atoms with van der Waals surface area (Å²) in [5, 5.41) is 0.449. The molecule has 5 rings (SSSR count). The number of allylic oxidation sites excluding steroid dienone is 5. The summed E-state index contributed by atoms with van der Waals surface area (Å²) >= 11 is 1.23. The molecule has 0 bridgehead atoms. The highest BCUT2D eigenvalue weighted by Gasteiger charge is 2.45. The summed E-state index contributed by atoms with van der Waals surface area (Å²) in [4.78, 5) is 9.60. The van der Waals surface area contributed by atoms with Gasteiger partial charge in [-0.3, -0.25) is 4.99 Å². The summed E-state index contributed by atoms with van der Waals surface area (Å²) in [5.74, 6) is -0.995. The molecular formula is C26H22F5N3O4S2. The zero-order chi connectivity index (χ0) is 28.5. The van der Waals surface area contributed by atoms with Crippen LogP contribution >= 0.6 is 11.8 Å². The number of hydrogen-bond donors (Lipinski definition) is 1. The molecule has 40 heavy (non-hydrogen) atoms. The molecule has 0 saturated heterocycles. The highest BCUT2D eigenvalue weighted by molar-refractivity contribution is 8.03. The molecule has 3 aliphatic rings. The lowest BCUT2D eigenvalue weighted by molar-refractivity contribution is -0.0447. The van der Waals surface area contributed by atoms with E-state index in [9.17, 15) is 30.4 Å². The van der Waals surface area contributed by atoms with Crippen LogP contribution in [0.2, 0.25) is 0 Å². The number of benzene rings is 1. The highest BCUT2D eigenvalue weighted by Crippen LogP contribution is 2.42. The molecule has 7 nitrogen and oxygen atoms in total. The van der Waals surface area contributed by atoms with E-state index < -0.39 is 33.7 Å². The number of nitrogens with zero attached hydrogens (tertiary/aromatic N) is 2. The second-order valence-corrected chi connectivity index (χ2v) is 11.9. The third-order valence-corrected chi connectivity index (χ3v) is 8.76. The fourth-order valence-electron chi connectivity index (χ4n) is 4.38. The Morgan fingerprint density at radius 2 is 1.95 bits per heavy atom. The maximum absolute atomic E-state index is 13.6. The number of ether oxygens (including phenoxy) is 2. The van der Waals surface area contributed by atoms with E-state index >= 15 is 0 Å². The Bertz CT molecular complexity index is 1580. The van der Waals surface area contributed by atoms with Gasteiger partial charge in [0.05, 0.1) is 17.3 Å². The number of hydrogen-bond acceptors (Lipinski definition) is 7. The van der Waals surface area contributed by atoms with Gasteiger partial charge in [-0.2, -0.15) is 13.2 Å². The first-order valence-corrected chi connectivity index (χ1v) is 14.5. The topological polar surface area (TPSA) is 89.9 Å². The first kappa shape index (κ1) is 28.3. The van der Waals surface area contributed by atoms with Crippen molar-refractivity contribution in [2.24, 2.45) is 10.9 Å². The molecule has 0 fully saturated rings. The molecule has 2 atom stereocenters. The van der Waals surface area contributed by atoms with Crippen molar-refractivity contribution in [2.75, 3.05) is 18.9 Å². The van der Waals surface area contributed by atoms with Gasteiger partial charge < -0.3 is 9.47 Å². The Labute approximate surface area is 230 Å². The van der Waals surface area contributed by atoms with Gasteiger partial charge in [-0.05, 0) is 30.4 Å². The Morgan fingerprint density at radius 1 is 1.15 bits per heavy atom. The van der Waals surface area contributed by atoms with Crippen LogP contribution in [-0.4, -0.2) is 50.1 Å². The molecule has 0 radical (unpaired) electrons. The van der Waals surface area contributed by atoms with Gasteiger partial charge in [0.25, 0.3) is 0 Å². The number of rotatable bonds is 8. The summed E-state index contributed by atoms with van der Waals surface area (Å²) in [6.45, 7) is -0.0886. The van der Waals surface area contributed by atoms with Crippen molar-refractivity contribution in [3.8, 4) is 0 Å². The highest BCUT2D eigenvalue weighted by atomic mass is 32.2. The first-order chi connectivity index (χ1) is 19.0. The van der Waals surface area contributed by atoms with Crippen molar-refractivity contribution < 1.29 is 39.8 Å². The van der Waals surface area contributed by atoms with Crippen LogP contribution in [0.5, 0.6) is 0 Å². The van der Waals surface area contributed by atoms with Gasteiger partial charge >= 0.3 is 15.5 Å². The largest absolute Gasteiger partial charge is 0.511 e. The monoisotopic (exact) mass is 599 g/mol. The number of aliphatic imine (C=N–C) groups is 1. The molecule has 2 aliphatic heterocycles. The number of alkyl halides is 3. The normalized spacial score (nSPS) is 20.8. The number of nitrogens with one attached hydrogen (secondary N) is 1. The van der Waals surface area contributed by atoms with Crippen molar-refractivity contribution in [1.82, 2.24) is 9.71 Å². The lowest BCUT2D eigenvalue weighted by Gasteiger charge is -2.24. The van der Waals surface area contributed by atoms with Gasteiger partial charge in [-0.1, -0.05) is 12.1 Å². The maximum atomic E-state index is 13.6. The van der Waals surface area contributed by atoms with Crippen LogP contribution in [-0.2, 0) is 26.1 Å². The van der Waals surface area contributed by atoms with Gasteiger partial charge in [0, 0.05) is 52.8 Å². The lowest BCUT2D eigenvalue weighted by atomic mass is 9.93. The summed E-state index contributed by atoms with van der Waals surface area (Å²) in [6, 6.07) is 5.11. The van der Waals surface area contributed by atoms with E-state index in [1.165, 1.54) is 11.8 Å². The third-order valence-electron chi connectivity index (χ3n) is 6.33. The molecule has 14 heteroatoms. The minimum atomic E-state index is -5.44. The van der Waals surface area contributed by atoms with Crippen LogP contribution in [0, 0.1) is 17.6 Å². The van der Waals surface area contributed by atoms with Crippen LogP contribution in [0.25, 0.3) is 10.9 Å². The van der Waals surface area contributed by atoms with Crippen molar-refractivity contribution >= 4 is 38.9 Å². The van der Waals surface area contributed by atoms with Gasteiger partial charge in [0.1, 0.15) is 24.7 Å². The molecule has 0 spiro atoms. The SMILES string of the molecule is O=S(=O)(NCCSC1=C2CC(OCc3ccc4cc(F)c(F)cc4n3)=CC=C2OCC2N=CC=CC12)C(F)(F)F. The molecule has 1 aliphatic carbocycles. The molecule has 1 aromatic carbocycles. The van der Waals surface area contributed by atoms with Crippen molar-refractivity contribution in [3.05, 3.63) is 87.9 Å². The van der Waals surface area contributed by atoms with E-state index in [-0.39, 0.29) is 36.4 Å². The fraction of sp³-hybridized carbons (Fsp3) is 0.308. The van der Waals surface area contributed by atoms with E-state index in [0.29, 0.717) is 29.0 Å². The van der Waals surface area contributed by atoms with E-state index in [1.807, 2.05) is 6.08 Å². The first-order valence-electron chi connectivity index (χ1n) is 12.0. The van der Waals surface area contributed by atoms with Gasteiger partial charge in [-0.15, -0.1) is 11.8 Å². The number of sulfonamides is 1. The molecule has 2 aromatic rings. The van der Waals surface area contributed by atoms with Crippen LogP contribution < -0.4 is 4.72 Å². The van der Waals surface area contributed by atoms with E-state index in [0.717, 1.165) is 22.6 Å². The summed E-state index contributed by atoms with van der Waals surface area (Å²) in [5.41, 5.74) is -3.84. The molecule has 0 saturated carbocycles.